The lowest BCUT2D eigenvalue weighted by molar-refractivity contribution is 0.203. The number of hydrogen-bond donors (Lipinski definition) is 1. The first-order valence-electron chi connectivity index (χ1n) is 5.93. The van der Waals surface area contributed by atoms with Crippen LogP contribution < -0.4 is 4.90 Å². The van der Waals surface area contributed by atoms with Crippen LogP contribution in [0.2, 0.25) is 0 Å². The van der Waals surface area contributed by atoms with E-state index in [4.69, 9.17) is 5.11 Å². The summed E-state index contributed by atoms with van der Waals surface area (Å²) in [4.78, 5) is 16.1. The van der Waals surface area contributed by atoms with E-state index in [1.54, 1.807) is 18.3 Å². The molecular formula is C15H13BrN2O2. The van der Waals surface area contributed by atoms with Crippen LogP contribution in [0.25, 0.3) is 12.2 Å². The first-order chi connectivity index (χ1) is 9.58. The minimum Gasteiger partial charge on any atom is -0.465 e. The highest BCUT2D eigenvalue weighted by Crippen LogP contribution is 2.18. The second-order valence-corrected chi connectivity index (χ2v) is 4.90. The van der Waals surface area contributed by atoms with E-state index in [9.17, 15) is 4.79 Å². The van der Waals surface area contributed by atoms with Crippen LogP contribution in [0, 0.1) is 0 Å². The molecule has 0 fully saturated rings. The van der Waals surface area contributed by atoms with Gasteiger partial charge in [-0.15, -0.1) is 0 Å². The molecule has 0 saturated heterocycles. The van der Waals surface area contributed by atoms with Gasteiger partial charge in [0.15, 0.2) is 0 Å². The molecule has 1 N–H and O–H groups in total. The molecule has 2 aromatic rings. The van der Waals surface area contributed by atoms with Crippen molar-refractivity contribution in [1.82, 2.24) is 4.98 Å². The topological polar surface area (TPSA) is 53.4 Å². The molecule has 0 aliphatic carbocycles. The largest absolute Gasteiger partial charge is 0.465 e. The molecule has 102 valence electrons. The SMILES string of the molecule is CN(C(=O)O)c1ccc(/C=C/c2cccnc2Br)cc1. The van der Waals surface area contributed by atoms with Crippen LogP contribution in [-0.2, 0) is 0 Å². The maximum Gasteiger partial charge on any atom is 0.411 e. The Kier molecular flexibility index (Phi) is 4.53. The van der Waals surface area contributed by atoms with Gasteiger partial charge in [-0.3, -0.25) is 4.90 Å². The number of anilines is 1. The lowest BCUT2D eigenvalue weighted by Gasteiger charge is -2.12. The van der Waals surface area contributed by atoms with Gasteiger partial charge in [0.25, 0.3) is 0 Å². The molecular weight excluding hydrogens is 320 g/mol. The number of rotatable bonds is 3. The van der Waals surface area contributed by atoms with E-state index in [-0.39, 0.29) is 0 Å². The van der Waals surface area contributed by atoms with Crippen LogP contribution in [0.3, 0.4) is 0 Å². The van der Waals surface area contributed by atoms with E-state index in [0.717, 1.165) is 15.7 Å². The standard InChI is InChI=1S/C15H13BrN2O2/c1-18(15(19)20)13-8-5-11(6-9-13)4-7-12-3-2-10-17-14(12)16/h2-10H,1H3,(H,19,20)/b7-4+. The number of hydrogen-bond acceptors (Lipinski definition) is 2. The minimum atomic E-state index is -0.979. The summed E-state index contributed by atoms with van der Waals surface area (Å²) >= 11 is 3.38. The third-order valence-electron chi connectivity index (χ3n) is 2.81. The Hall–Kier alpha value is -2.14. The van der Waals surface area contributed by atoms with Gasteiger partial charge in [-0.25, -0.2) is 9.78 Å². The van der Waals surface area contributed by atoms with Crippen molar-refractivity contribution in [3.05, 3.63) is 58.3 Å². The van der Waals surface area contributed by atoms with Gasteiger partial charge in [-0.1, -0.05) is 30.4 Å². The van der Waals surface area contributed by atoms with Crippen molar-refractivity contribution in [3.8, 4) is 0 Å². The predicted octanol–water partition coefficient (Wildman–Crippen LogP) is 4.13. The number of carbonyl (C=O) groups is 1. The fourth-order valence-electron chi connectivity index (χ4n) is 1.63. The molecule has 1 aromatic carbocycles. The highest BCUT2D eigenvalue weighted by atomic mass is 79.9. The van der Waals surface area contributed by atoms with E-state index < -0.39 is 6.09 Å². The molecule has 20 heavy (non-hydrogen) atoms. The first kappa shape index (κ1) is 14.3. The Labute approximate surface area is 125 Å². The second kappa shape index (κ2) is 6.34. The van der Waals surface area contributed by atoms with Crippen LogP contribution in [0.15, 0.2) is 47.2 Å². The number of nitrogens with zero attached hydrogens (tertiary/aromatic N) is 2. The Morgan fingerprint density at radius 2 is 1.95 bits per heavy atom. The van der Waals surface area contributed by atoms with E-state index >= 15 is 0 Å². The van der Waals surface area contributed by atoms with Gasteiger partial charge in [0, 0.05) is 24.5 Å². The lowest BCUT2D eigenvalue weighted by Crippen LogP contribution is -2.23. The average Bonchev–Trinajstić information content (AvgIpc) is 2.46. The Morgan fingerprint density at radius 3 is 2.55 bits per heavy atom. The van der Waals surface area contributed by atoms with E-state index in [2.05, 4.69) is 20.9 Å². The average molecular weight is 333 g/mol. The molecule has 2 rings (SSSR count). The molecule has 0 saturated carbocycles. The number of benzene rings is 1. The maximum absolute atomic E-state index is 10.8. The zero-order chi connectivity index (χ0) is 14.5. The minimum absolute atomic E-state index is 0.636. The van der Waals surface area contributed by atoms with Gasteiger partial charge < -0.3 is 5.11 Å². The van der Waals surface area contributed by atoms with Gasteiger partial charge in [-0.2, -0.15) is 0 Å². The summed E-state index contributed by atoms with van der Waals surface area (Å²) in [7, 11) is 1.51. The van der Waals surface area contributed by atoms with Crippen LogP contribution in [-0.4, -0.2) is 23.2 Å². The molecule has 0 aliphatic heterocycles. The van der Waals surface area contributed by atoms with Crippen LogP contribution in [0.5, 0.6) is 0 Å². The van der Waals surface area contributed by atoms with E-state index in [1.807, 2.05) is 36.4 Å². The summed E-state index contributed by atoms with van der Waals surface area (Å²) in [5, 5.41) is 8.89. The van der Waals surface area contributed by atoms with Crippen LogP contribution in [0.1, 0.15) is 11.1 Å². The van der Waals surface area contributed by atoms with Gasteiger partial charge >= 0.3 is 6.09 Å². The normalized spacial score (nSPS) is 10.7. The highest BCUT2D eigenvalue weighted by Gasteiger charge is 2.06. The molecule has 0 spiro atoms. The molecule has 0 unspecified atom stereocenters. The molecule has 1 heterocycles. The molecule has 0 aliphatic rings. The van der Waals surface area contributed by atoms with Gasteiger partial charge in [-0.05, 0) is 39.7 Å². The van der Waals surface area contributed by atoms with Crippen molar-refractivity contribution in [2.45, 2.75) is 0 Å². The molecule has 0 atom stereocenters. The number of halogens is 1. The maximum atomic E-state index is 10.8. The zero-order valence-electron chi connectivity index (χ0n) is 10.8. The second-order valence-electron chi connectivity index (χ2n) is 4.15. The predicted molar refractivity (Wildman–Crippen MR) is 83.7 cm³/mol. The molecule has 1 amide bonds. The summed E-state index contributed by atoms with van der Waals surface area (Å²) < 4.78 is 0.790. The Morgan fingerprint density at radius 1 is 1.25 bits per heavy atom. The summed E-state index contributed by atoms with van der Waals surface area (Å²) in [6.45, 7) is 0. The van der Waals surface area contributed by atoms with Crippen LogP contribution >= 0.6 is 15.9 Å². The monoisotopic (exact) mass is 332 g/mol. The van der Waals surface area contributed by atoms with Crippen molar-refractivity contribution in [1.29, 1.82) is 0 Å². The first-order valence-corrected chi connectivity index (χ1v) is 6.72. The number of pyridine rings is 1. The van der Waals surface area contributed by atoms with E-state index in [0.29, 0.717) is 5.69 Å². The Bertz CT molecular complexity index is 639. The fourth-order valence-corrected chi connectivity index (χ4v) is 2.01. The van der Waals surface area contributed by atoms with Crippen LogP contribution in [0.4, 0.5) is 10.5 Å². The van der Waals surface area contributed by atoms with Crippen molar-refractivity contribution in [3.63, 3.8) is 0 Å². The summed E-state index contributed by atoms with van der Waals surface area (Å²) in [6, 6.07) is 11.1. The van der Waals surface area contributed by atoms with Crippen molar-refractivity contribution < 1.29 is 9.90 Å². The quantitative estimate of drug-likeness (QED) is 0.860. The van der Waals surface area contributed by atoms with Crippen molar-refractivity contribution >= 4 is 39.9 Å². The van der Waals surface area contributed by atoms with Gasteiger partial charge in [0.05, 0.1) is 0 Å². The van der Waals surface area contributed by atoms with Crippen molar-refractivity contribution in [2.75, 3.05) is 11.9 Å². The fraction of sp³-hybridized carbons (Fsp3) is 0.0667. The summed E-state index contributed by atoms with van der Waals surface area (Å²) in [5.41, 5.74) is 2.61. The summed E-state index contributed by atoms with van der Waals surface area (Å²) in [5.74, 6) is 0. The zero-order valence-corrected chi connectivity index (χ0v) is 12.4. The molecule has 5 heteroatoms. The highest BCUT2D eigenvalue weighted by molar-refractivity contribution is 9.10. The van der Waals surface area contributed by atoms with Gasteiger partial charge in [0.1, 0.15) is 4.60 Å². The van der Waals surface area contributed by atoms with E-state index in [1.165, 1.54) is 11.9 Å². The lowest BCUT2D eigenvalue weighted by atomic mass is 10.1. The molecule has 1 aromatic heterocycles. The molecule has 0 bridgehead atoms. The third kappa shape index (κ3) is 3.45. The molecule has 0 radical (unpaired) electrons. The number of carboxylic acid groups (broad SMARTS) is 1. The van der Waals surface area contributed by atoms with Crippen molar-refractivity contribution in [2.24, 2.45) is 0 Å². The molecule has 4 nitrogen and oxygen atoms in total. The smallest absolute Gasteiger partial charge is 0.411 e. The number of aromatic nitrogens is 1. The Balaban J connectivity index is 2.15. The summed E-state index contributed by atoms with van der Waals surface area (Å²) in [6.07, 6.45) is 4.64. The number of amides is 1. The third-order valence-corrected chi connectivity index (χ3v) is 3.47. The van der Waals surface area contributed by atoms with Gasteiger partial charge in [0.2, 0.25) is 0 Å².